The summed E-state index contributed by atoms with van der Waals surface area (Å²) in [6.45, 7) is 4.53. The monoisotopic (exact) mass is 208 g/mol. The van der Waals surface area contributed by atoms with Crippen molar-refractivity contribution >= 4 is 0 Å². The lowest BCUT2D eigenvalue weighted by molar-refractivity contribution is 0.0383. The first-order chi connectivity index (χ1) is 7.18. The van der Waals surface area contributed by atoms with Gasteiger partial charge < -0.3 is 5.11 Å². The minimum Gasteiger partial charge on any atom is -0.391 e. The first-order valence-electron chi connectivity index (χ1n) is 5.85. The lowest BCUT2D eigenvalue weighted by Crippen LogP contribution is -2.33. The second kappa shape index (κ2) is 4.35. The van der Waals surface area contributed by atoms with Gasteiger partial charge >= 0.3 is 0 Å². The van der Waals surface area contributed by atoms with Crippen LogP contribution in [0.3, 0.4) is 0 Å². The number of aromatic nitrogens is 2. The fraction of sp³-hybridized carbons (Fsp3) is 0.750. The maximum absolute atomic E-state index is 9.98. The van der Waals surface area contributed by atoms with E-state index in [1.165, 1.54) is 0 Å². The standard InChI is InChI=1S/C12H20N2O/c1-9(2)10-4-5-12(15)11(8-10)14-7-3-6-13-14/h3,6-7,9-12,15H,4-5,8H2,1-2H3. The van der Waals surface area contributed by atoms with Crippen molar-refractivity contribution in [2.75, 3.05) is 0 Å². The Labute approximate surface area is 91.1 Å². The van der Waals surface area contributed by atoms with Crippen molar-refractivity contribution in [1.82, 2.24) is 9.78 Å². The molecule has 0 aromatic carbocycles. The summed E-state index contributed by atoms with van der Waals surface area (Å²) in [5.74, 6) is 1.43. The van der Waals surface area contributed by atoms with Gasteiger partial charge in [0.15, 0.2) is 0 Å². The van der Waals surface area contributed by atoms with Crippen LogP contribution in [0.5, 0.6) is 0 Å². The number of hydrogen-bond donors (Lipinski definition) is 1. The minimum absolute atomic E-state index is 0.182. The maximum atomic E-state index is 9.98. The maximum Gasteiger partial charge on any atom is 0.0780 e. The van der Waals surface area contributed by atoms with E-state index in [2.05, 4.69) is 18.9 Å². The molecule has 1 heterocycles. The summed E-state index contributed by atoms with van der Waals surface area (Å²) in [5, 5.41) is 14.2. The third kappa shape index (κ3) is 2.23. The SMILES string of the molecule is CC(C)C1CCC(O)C(n2cccn2)C1. The highest BCUT2D eigenvalue weighted by Crippen LogP contribution is 2.36. The van der Waals surface area contributed by atoms with Crippen LogP contribution in [0, 0.1) is 11.8 Å². The van der Waals surface area contributed by atoms with Crippen molar-refractivity contribution in [2.24, 2.45) is 11.8 Å². The third-order valence-electron chi connectivity index (χ3n) is 3.63. The van der Waals surface area contributed by atoms with Crippen LogP contribution in [-0.2, 0) is 0 Å². The van der Waals surface area contributed by atoms with Gasteiger partial charge in [0.2, 0.25) is 0 Å². The van der Waals surface area contributed by atoms with E-state index >= 15 is 0 Å². The van der Waals surface area contributed by atoms with Gasteiger partial charge in [-0.1, -0.05) is 13.8 Å². The van der Waals surface area contributed by atoms with E-state index in [0.29, 0.717) is 5.92 Å². The average molecular weight is 208 g/mol. The normalized spacial score (nSPS) is 32.1. The molecule has 0 amide bonds. The molecule has 1 aliphatic carbocycles. The number of aliphatic hydroxyl groups excluding tert-OH is 1. The van der Waals surface area contributed by atoms with E-state index in [1.807, 2.05) is 16.9 Å². The van der Waals surface area contributed by atoms with Gasteiger partial charge in [-0.3, -0.25) is 4.68 Å². The van der Waals surface area contributed by atoms with E-state index in [1.54, 1.807) is 6.20 Å². The Balaban J connectivity index is 2.09. The van der Waals surface area contributed by atoms with Crippen molar-refractivity contribution in [3.8, 4) is 0 Å². The highest BCUT2D eigenvalue weighted by Gasteiger charge is 2.31. The predicted molar refractivity (Wildman–Crippen MR) is 59.4 cm³/mol. The molecule has 3 heteroatoms. The van der Waals surface area contributed by atoms with Crippen molar-refractivity contribution in [2.45, 2.75) is 45.3 Å². The summed E-state index contributed by atoms with van der Waals surface area (Å²) < 4.78 is 1.92. The number of nitrogens with zero attached hydrogens (tertiary/aromatic N) is 2. The molecule has 0 saturated heterocycles. The summed E-state index contributed by atoms with van der Waals surface area (Å²) in [6.07, 6.45) is 6.63. The van der Waals surface area contributed by atoms with Crippen LogP contribution in [0.15, 0.2) is 18.5 Å². The molecule has 0 spiro atoms. The number of aliphatic hydroxyl groups is 1. The van der Waals surface area contributed by atoms with E-state index in [0.717, 1.165) is 25.2 Å². The Kier molecular flexibility index (Phi) is 3.10. The van der Waals surface area contributed by atoms with Gasteiger partial charge in [-0.2, -0.15) is 5.10 Å². The summed E-state index contributed by atoms with van der Waals surface area (Å²) in [6, 6.07) is 2.10. The lowest BCUT2D eigenvalue weighted by atomic mass is 9.78. The smallest absolute Gasteiger partial charge is 0.0780 e. The van der Waals surface area contributed by atoms with Gasteiger partial charge in [0, 0.05) is 12.4 Å². The van der Waals surface area contributed by atoms with E-state index < -0.39 is 0 Å². The van der Waals surface area contributed by atoms with Crippen LogP contribution in [0.4, 0.5) is 0 Å². The van der Waals surface area contributed by atoms with E-state index in [-0.39, 0.29) is 12.1 Å². The third-order valence-corrected chi connectivity index (χ3v) is 3.63. The van der Waals surface area contributed by atoms with Gasteiger partial charge in [-0.25, -0.2) is 0 Å². The Morgan fingerprint density at radius 2 is 2.20 bits per heavy atom. The molecule has 2 rings (SSSR count). The molecule has 1 aromatic heterocycles. The highest BCUT2D eigenvalue weighted by molar-refractivity contribution is 4.89. The first kappa shape index (κ1) is 10.7. The Morgan fingerprint density at radius 1 is 1.40 bits per heavy atom. The molecular weight excluding hydrogens is 188 g/mol. The molecule has 1 aromatic rings. The molecule has 1 fully saturated rings. The Hall–Kier alpha value is -0.830. The number of hydrogen-bond acceptors (Lipinski definition) is 2. The molecule has 0 bridgehead atoms. The second-order valence-corrected chi connectivity index (χ2v) is 4.94. The molecule has 0 aliphatic heterocycles. The summed E-state index contributed by atoms with van der Waals surface area (Å²) in [7, 11) is 0. The molecule has 15 heavy (non-hydrogen) atoms. The predicted octanol–water partition coefficient (Wildman–Crippen LogP) is 2.24. The summed E-state index contributed by atoms with van der Waals surface area (Å²) in [5.41, 5.74) is 0. The zero-order valence-corrected chi connectivity index (χ0v) is 9.50. The molecule has 1 aliphatic rings. The minimum atomic E-state index is -0.222. The molecule has 3 atom stereocenters. The topological polar surface area (TPSA) is 38.0 Å². The molecular formula is C12H20N2O. The molecule has 84 valence electrons. The second-order valence-electron chi connectivity index (χ2n) is 4.94. The van der Waals surface area contributed by atoms with Gasteiger partial charge in [0.1, 0.15) is 0 Å². The fourth-order valence-corrected chi connectivity index (χ4v) is 2.53. The van der Waals surface area contributed by atoms with Gasteiger partial charge in [-0.15, -0.1) is 0 Å². The summed E-state index contributed by atoms with van der Waals surface area (Å²) >= 11 is 0. The number of rotatable bonds is 2. The molecule has 3 unspecified atom stereocenters. The lowest BCUT2D eigenvalue weighted by Gasteiger charge is -2.35. The van der Waals surface area contributed by atoms with Crippen molar-refractivity contribution in [1.29, 1.82) is 0 Å². The van der Waals surface area contributed by atoms with Crippen LogP contribution in [-0.4, -0.2) is 21.0 Å². The van der Waals surface area contributed by atoms with Crippen molar-refractivity contribution in [3.63, 3.8) is 0 Å². The van der Waals surface area contributed by atoms with Crippen molar-refractivity contribution in [3.05, 3.63) is 18.5 Å². The Bertz CT molecular complexity index is 295. The van der Waals surface area contributed by atoms with Crippen LogP contribution < -0.4 is 0 Å². The first-order valence-corrected chi connectivity index (χ1v) is 5.85. The van der Waals surface area contributed by atoms with Crippen LogP contribution in [0.1, 0.15) is 39.2 Å². The highest BCUT2D eigenvalue weighted by atomic mass is 16.3. The molecule has 1 saturated carbocycles. The van der Waals surface area contributed by atoms with Crippen LogP contribution in [0.2, 0.25) is 0 Å². The fourth-order valence-electron chi connectivity index (χ4n) is 2.53. The average Bonchev–Trinajstić information content (AvgIpc) is 2.71. The summed E-state index contributed by atoms with van der Waals surface area (Å²) in [4.78, 5) is 0. The van der Waals surface area contributed by atoms with Gasteiger partial charge in [0.25, 0.3) is 0 Å². The van der Waals surface area contributed by atoms with Crippen LogP contribution in [0.25, 0.3) is 0 Å². The Morgan fingerprint density at radius 3 is 2.80 bits per heavy atom. The quantitative estimate of drug-likeness (QED) is 0.809. The van der Waals surface area contributed by atoms with Gasteiger partial charge in [-0.05, 0) is 37.2 Å². The van der Waals surface area contributed by atoms with E-state index in [4.69, 9.17) is 0 Å². The zero-order chi connectivity index (χ0) is 10.8. The van der Waals surface area contributed by atoms with Gasteiger partial charge in [0.05, 0.1) is 12.1 Å². The molecule has 0 radical (unpaired) electrons. The largest absolute Gasteiger partial charge is 0.391 e. The molecule has 1 N–H and O–H groups in total. The van der Waals surface area contributed by atoms with Crippen LogP contribution >= 0.6 is 0 Å². The zero-order valence-electron chi connectivity index (χ0n) is 9.50. The van der Waals surface area contributed by atoms with E-state index in [9.17, 15) is 5.11 Å². The molecule has 3 nitrogen and oxygen atoms in total. The van der Waals surface area contributed by atoms with Crippen molar-refractivity contribution < 1.29 is 5.11 Å².